The van der Waals surface area contributed by atoms with Crippen LogP contribution < -0.4 is 4.90 Å². The molecule has 0 saturated heterocycles. The number of nitrogens with zero attached hydrogens (tertiary/aromatic N) is 2. The Morgan fingerprint density at radius 2 is 1.81 bits per heavy atom. The van der Waals surface area contributed by atoms with E-state index in [9.17, 15) is 5.11 Å². The smallest absolute Gasteiger partial charge is 0.185 e. The summed E-state index contributed by atoms with van der Waals surface area (Å²) in [6, 6.07) is 9.78. The summed E-state index contributed by atoms with van der Waals surface area (Å²) in [6.07, 6.45) is 2.35. The van der Waals surface area contributed by atoms with Gasteiger partial charge >= 0.3 is 0 Å². The molecule has 21 heavy (non-hydrogen) atoms. The second-order valence-electron chi connectivity index (χ2n) is 5.24. The van der Waals surface area contributed by atoms with Gasteiger partial charge in [-0.3, -0.25) is 0 Å². The third kappa shape index (κ3) is 4.55. The van der Waals surface area contributed by atoms with Crippen LogP contribution in [0.25, 0.3) is 0 Å². The van der Waals surface area contributed by atoms with Gasteiger partial charge in [0.2, 0.25) is 0 Å². The number of aliphatic hydroxyl groups is 1. The Labute approximate surface area is 131 Å². The van der Waals surface area contributed by atoms with Gasteiger partial charge in [0.25, 0.3) is 0 Å². The van der Waals surface area contributed by atoms with Crippen molar-refractivity contribution in [3.05, 3.63) is 47.0 Å². The molecule has 0 radical (unpaired) electrons. The van der Waals surface area contributed by atoms with Crippen LogP contribution in [0.15, 0.2) is 35.7 Å². The highest BCUT2D eigenvalue weighted by Gasteiger charge is 2.13. The summed E-state index contributed by atoms with van der Waals surface area (Å²) in [4.78, 5) is 7.03. The van der Waals surface area contributed by atoms with Crippen molar-refractivity contribution in [1.29, 1.82) is 0 Å². The average Bonchev–Trinajstić information content (AvgIpc) is 2.96. The van der Waals surface area contributed by atoms with Crippen molar-refractivity contribution < 1.29 is 5.11 Å². The molecule has 0 aliphatic heterocycles. The summed E-state index contributed by atoms with van der Waals surface area (Å²) in [5.74, 6) is 0. The van der Waals surface area contributed by atoms with E-state index in [4.69, 9.17) is 4.98 Å². The Kier molecular flexibility index (Phi) is 6.21. The Bertz CT molecular complexity index is 521. The molecule has 1 heterocycles. The topological polar surface area (TPSA) is 36.4 Å². The zero-order chi connectivity index (χ0) is 15.1. The minimum Gasteiger partial charge on any atom is -0.388 e. The Morgan fingerprint density at radius 3 is 2.43 bits per heavy atom. The van der Waals surface area contributed by atoms with E-state index in [0.717, 1.165) is 42.3 Å². The lowest BCUT2D eigenvalue weighted by Crippen LogP contribution is -2.24. The number of benzene rings is 1. The maximum absolute atomic E-state index is 10.3. The molecule has 0 spiro atoms. The highest BCUT2D eigenvalue weighted by atomic mass is 32.1. The van der Waals surface area contributed by atoms with Crippen LogP contribution in [-0.2, 0) is 6.42 Å². The Morgan fingerprint density at radius 1 is 1.14 bits per heavy atom. The number of aliphatic hydroxyl groups excluding tert-OH is 1. The van der Waals surface area contributed by atoms with Crippen molar-refractivity contribution in [3.8, 4) is 0 Å². The number of thiazole rings is 1. The fraction of sp³-hybridized carbons (Fsp3) is 0.471. The normalized spacial score (nSPS) is 12.3. The summed E-state index contributed by atoms with van der Waals surface area (Å²) < 4.78 is 0. The molecule has 0 aliphatic rings. The summed E-state index contributed by atoms with van der Waals surface area (Å²) in [6.45, 7) is 6.47. The maximum atomic E-state index is 10.3. The monoisotopic (exact) mass is 304 g/mol. The van der Waals surface area contributed by atoms with Gasteiger partial charge in [0.15, 0.2) is 5.13 Å². The summed E-state index contributed by atoms with van der Waals surface area (Å²) in [5.41, 5.74) is 1.93. The number of rotatable bonds is 8. The first-order valence-corrected chi connectivity index (χ1v) is 8.55. The fourth-order valence-corrected chi connectivity index (χ4v) is 3.26. The predicted octanol–water partition coefficient (Wildman–Crippen LogP) is 4.05. The number of anilines is 1. The van der Waals surface area contributed by atoms with Crippen LogP contribution in [0.4, 0.5) is 5.13 Å². The molecule has 114 valence electrons. The first-order valence-electron chi connectivity index (χ1n) is 7.67. The lowest BCUT2D eigenvalue weighted by atomic mass is 10.1. The van der Waals surface area contributed by atoms with Gasteiger partial charge in [-0.1, -0.05) is 44.2 Å². The zero-order valence-electron chi connectivity index (χ0n) is 12.8. The lowest BCUT2D eigenvalue weighted by Gasteiger charge is -2.20. The summed E-state index contributed by atoms with van der Waals surface area (Å²) in [7, 11) is 0. The molecule has 3 nitrogen and oxygen atoms in total. The SMILES string of the molecule is CCCN(CCC)c1nc(CC(O)c2ccccc2)cs1. The second kappa shape index (κ2) is 8.15. The van der Waals surface area contributed by atoms with Gasteiger partial charge in [-0.2, -0.15) is 0 Å². The van der Waals surface area contributed by atoms with Gasteiger partial charge in [-0.15, -0.1) is 11.3 Å². The summed E-state index contributed by atoms with van der Waals surface area (Å²) >= 11 is 1.68. The van der Waals surface area contributed by atoms with E-state index in [1.807, 2.05) is 30.3 Å². The molecular weight excluding hydrogens is 280 g/mol. The van der Waals surface area contributed by atoms with Gasteiger partial charge < -0.3 is 10.0 Å². The molecule has 0 fully saturated rings. The molecule has 1 atom stereocenters. The number of hydrogen-bond acceptors (Lipinski definition) is 4. The molecule has 0 bridgehead atoms. The molecule has 4 heteroatoms. The van der Waals surface area contributed by atoms with Crippen LogP contribution in [0.2, 0.25) is 0 Å². The minimum absolute atomic E-state index is 0.480. The third-order valence-electron chi connectivity index (χ3n) is 3.38. The van der Waals surface area contributed by atoms with Crippen LogP contribution in [0.3, 0.4) is 0 Å². The standard InChI is InChI=1S/C17H24N2OS/c1-3-10-19(11-4-2)17-18-15(13-21-17)12-16(20)14-8-6-5-7-9-14/h5-9,13,16,20H,3-4,10-12H2,1-2H3. The molecule has 0 aliphatic carbocycles. The number of aromatic nitrogens is 1. The first-order chi connectivity index (χ1) is 10.2. The van der Waals surface area contributed by atoms with Gasteiger partial charge in [-0.05, 0) is 18.4 Å². The van der Waals surface area contributed by atoms with E-state index < -0.39 is 6.10 Å². The van der Waals surface area contributed by atoms with Crippen molar-refractivity contribution in [2.75, 3.05) is 18.0 Å². The number of hydrogen-bond donors (Lipinski definition) is 1. The minimum atomic E-state index is -0.480. The Hall–Kier alpha value is -1.39. The van der Waals surface area contributed by atoms with E-state index in [-0.39, 0.29) is 0 Å². The third-order valence-corrected chi connectivity index (χ3v) is 4.33. The molecule has 2 rings (SSSR count). The van der Waals surface area contributed by atoms with Crippen molar-refractivity contribution >= 4 is 16.5 Å². The van der Waals surface area contributed by atoms with Crippen LogP contribution >= 0.6 is 11.3 Å². The molecule has 1 unspecified atom stereocenters. The van der Waals surface area contributed by atoms with E-state index in [2.05, 4.69) is 24.1 Å². The molecular formula is C17H24N2OS. The van der Waals surface area contributed by atoms with Crippen LogP contribution in [0.1, 0.15) is 44.1 Å². The van der Waals surface area contributed by atoms with Gasteiger partial charge in [-0.25, -0.2) is 4.98 Å². The molecule has 1 aromatic carbocycles. The fourth-order valence-electron chi connectivity index (χ4n) is 2.37. The highest BCUT2D eigenvalue weighted by Crippen LogP contribution is 2.24. The molecule has 0 amide bonds. The van der Waals surface area contributed by atoms with Gasteiger partial charge in [0.1, 0.15) is 0 Å². The lowest BCUT2D eigenvalue weighted by molar-refractivity contribution is 0.177. The zero-order valence-corrected chi connectivity index (χ0v) is 13.6. The van der Waals surface area contributed by atoms with E-state index >= 15 is 0 Å². The van der Waals surface area contributed by atoms with Gasteiger partial charge in [0, 0.05) is 24.9 Å². The van der Waals surface area contributed by atoms with E-state index in [0.29, 0.717) is 6.42 Å². The van der Waals surface area contributed by atoms with Crippen molar-refractivity contribution in [2.24, 2.45) is 0 Å². The maximum Gasteiger partial charge on any atom is 0.185 e. The average molecular weight is 304 g/mol. The molecule has 1 aromatic heterocycles. The van der Waals surface area contributed by atoms with Crippen molar-refractivity contribution in [3.63, 3.8) is 0 Å². The van der Waals surface area contributed by atoms with E-state index in [1.165, 1.54) is 0 Å². The largest absolute Gasteiger partial charge is 0.388 e. The van der Waals surface area contributed by atoms with Gasteiger partial charge in [0.05, 0.1) is 11.8 Å². The second-order valence-corrected chi connectivity index (χ2v) is 6.08. The predicted molar refractivity (Wildman–Crippen MR) is 90.0 cm³/mol. The summed E-state index contributed by atoms with van der Waals surface area (Å²) in [5, 5.41) is 13.4. The van der Waals surface area contributed by atoms with Crippen LogP contribution in [0, 0.1) is 0 Å². The van der Waals surface area contributed by atoms with Crippen molar-refractivity contribution in [1.82, 2.24) is 4.98 Å². The molecule has 2 aromatic rings. The van der Waals surface area contributed by atoms with Crippen molar-refractivity contribution in [2.45, 2.75) is 39.2 Å². The Balaban J connectivity index is 2.02. The first kappa shape index (κ1) is 16.0. The van der Waals surface area contributed by atoms with E-state index in [1.54, 1.807) is 11.3 Å². The highest BCUT2D eigenvalue weighted by molar-refractivity contribution is 7.13. The molecule has 1 N–H and O–H groups in total. The van der Waals surface area contributed by atoms with Crippen LogP contribution in [-0.4, -0.2) is 23.2 Å². The quantitative estimate of drug-likeness (QED) is 0.799. The molecule has 0 saturated carbocycles. The van der Waals surface area contributed by atoms with Crippen LogP contribution in [0.5, 0.6) is 0 Å².